The van der Waals surface area contributed by atoms with Crippen LogP contribution < -0.4 is 5.84 Å². The van der Waals surface area contributed by atoms with Gasteiger partial charge in [-0.05, 0) is 43.0 Å². The van der Waals surface area contributed by atoms with Crippen LogP contribution in [-0.2, 0) is 5.75 Å². The summed E-state index contributed by atoms with van der Waals surface area (Å²) in [5.41, 5.74) is 6.21. The zero-order valence-electron chi connectivity index (χ0n) is 13.6. The number of rotatable bonds is 4. The Morgan fingerprint density at radius 1 is 0.957 bits per heavy atom. The molecule has 23 heavy (non-hydrogen) atoms. The molecule has 1 heterocycles. The monoisotopic (exact) mass is 324 g/mol. The Bertz CT molecular complexity index is 825. The molecule has 0 fully saturated rings. The van der Waals surface area contributed by atoms with Crippen LogP contribution in [0.4, 0.5) is 0 Å². The molecular formula is C18H20N4S. The lowest BCUT2D eigenvalue weighted by Crippen LogP contribution is -2.11. The predicted molar refractivity (Wildman–Crippen MR) is 95.8 cm³/mol. The molecule has 0 saturated heterocycles. The molecule has 0 aliphatic rings. The van der Waals surface area contributed by atoms with E-state index in [2.05, 4.69) is 43.1 Å². The first kappa shape index (κ1) is 15.6. The van der Waals surface area contributed by atoms with Gasteiger partial charge in [-0.2, -0.15) is 0 Å². The summed E-state index contributed by atoms with van der Waals surface area (Å²) in [6, 6.07) is 14.3. The Kier molecular flexibility index (Phi) is 4.39. The minimum atomic E-state index is 0.685. The van der Waals surface area contributed by atoms with E-state index in [0.717, 1.165) is 16.5 Å². The molecule has 0 aliphatic heterocycles. The molecule has 118 valence electrons. The number of hydrogen-bond acceptors (Lipinski definition) is 4. The lowest BCUT2D eigenvalue weighted by Gasteiger charge is -2.09. The smallest absolute Gasteiger partial charge is 0.210 e. The highest BCUT2D eigenvalue weighted by atomic mass is 32.2. The molecule has 5 heteroatoms. The Hall–Kier alpha value is -2.27. The third-order valence-corrected chi connectivity index (χ3v) is 5.00. The quantitative estimate of drug-likeness (QED) is 0.584. The van der Waals surface area contributed by atoms with E-state index in [9.17, 15) is 0 Å². The SMILES string of the molecule is Cc1cc(C)c(CSc2nnc(-c3ccccc3)n2N)cc1C. The van der Waals surface area contributed by atoms with Crippen molar-refractivity contribution in [1.29, 1.82) is 0 Å². The second-order valence-electron chi connectivity index (χ2n) is 5.69. The van der Waals surface area contributed by atoms with Crippen molar-refractivity contribution in [3.8, 4) is 11.4 Å². The van der Waals surface area contributed by atoms with E-state index in [1.807, 2.05) is 30.3 Å². The van der Waals surface area contributed by atoms with E-state index in [-0.39, 0.29) is 0 Å². The van der Waals surface area contributed by atoms with Gasteiger partial charge in [0.05, 0.1) is 0 Å². The molecule has 0 radical (unpaired) electrons. The maximum absolute atomic E-state index is 6.16. The highest BCUT2D eigenvalue weighted by Crippen LogP contribution is 2.26. The second kappa shape index (κ2) is 6.46. The lowest BCUT2D eigenvalue weighted by molar-refractivity contribution is 0.849. The van der Waals surface area contributed by atoms with E-state index in [1.54, 1.807) is 16.4 Å². The summed E-state index contributed by atoms with van der Waals surface area (Å²) in [5, 5.41) is 9.17. The molecule has 3 aromatic rings. The van der Waals surface area contributed by atoms with Crippen LogP contribution in [0.15, 0.2) is 47.6 Å². The molecule has 1 aromatic heterocycles. The van der Waals surface area contributed by atoms with Crippen LogP contribution in [0.1, 0.15) is 22.3 Å². The minimum absolute atomic E-state index is 0.685. The minimum Gasteiger partial charge on any atom is -0.335 e. The van der Waals surface area contributed by atoms with Crippen molar-refractivity contribution in [2.24, 2.45) is 0 Å². The first-order chi connectivity index (χ1) is 11.1. The first-order valence-electron chi connectivity index (χ1n) is 7.51. The molecule has 4 nitrogen and oxygen atoms in total. The number of nitrogens with two attached hydrogens (primary N) is 1. The van der Waals surface area contributed by atoms with E-state index in [0.29, 0.717) is 5.82 Å². The topological polar surface area (TPSA) is 56.7 Å². The van der Waals surface area contributed by atoms with E-state index in [4.69, 9.17) is 5.84 Å². The molecule has 0 bridgehead atoms. The number of hydrogen-bond donors (Lipinski definition) is 1. The average Bonchev–Trinajstić information content (AvgIpc) is 2.91. The standard InChI is InChI=1S/C18H20N4S/c1-12-9-14(3)16(10-13(12)2)11-23-18-21-20-17(22(18)19)15-7-5-4-6-8-15/h4-10H,11,19H2,1-3H3. The molecule has 2 N–H and O–H groups in total. The number of nitrogen functional groups attached to an aromatic ring is 1. The van der Waals surface area contributed by atoms with Crippen molar-refractivity contribution in [2.45, 2.75) is 31.7 Å². The molecule has 0 atom stereocenters. The summed E-state index contributed by atoms with van der Waals surface area (Å²) >= 11 is 1.61. The predicted octanol–water partition coefficient (Wildman–Crippen LogP) is 3.88. The maximum atomic E-state index is 6.16. The zero-order valence-corrected chi connectivity index (χ0v) is 14.4. The fraction of sp³-hybridized carbons (Fsp3) is 0.222. The first-order valence-corrected chi connectivity index (χ1v) is 8.50. The fourth-order valence-electron chi connectivity index (χ4n) is 2.48. The number of nitrogens with zero attached hydrogens (tertiary/aromatic N) is 3. The normalized spacial score (nSPS) is 10.9. The van der Waals surface area contributed by atoms with E-state index >= 15 is 0 Å². The van der Waals surface area contributed by atoms with Crippen LogP contribution in [-0.4, -0.2) is 14.9 Å². The summed E-state index contributed by atoms with van der Waals surface area (Å²) in [6.45, 7) is 6.43. The summed E-state index contributed by atoms with van der Waals surface area (Å²) in [4.78, 5) is 0. The molecule has 3 rings (SSSR count). The largest absolute Gasteiger partial charge is 0.335 e. The molecular weight excluding hydrogens is 304 g/mol. The number of benzene rings is 2. The summed E-state index contributed by atoms with van der Waals surface area (Å²) in [7, 11) is 0. The van der Waals surface area contributed by atoms with Crippen molar-refractivity contribution in [3.05, 3.63) is 64.7 Å². The Morgan fingerprint density at radius 2 is 1.65 bits per heavy atom. The third kappa shape index (κ3) is 3.24. The van der Waals surface area contributed by atoms with Gasteiger partial charge in [-0.15, -0.1) is 10.2 Å². The number of aryl methyl sites for hydroxylation is 3. The zero-order chi connectivity index (χ0) is 16.4. The molecule has 0 amide bonds. The van der Waals surface area contributed by atoms with Gasteiger partial charge < -0.3 is 5.84 Å². The number of aromatic nitrogens is 3. The van der Waals surface area contributed by atoms with Crippen LogP contribution in [0.3, 0.4) is 0 Å². The Labute approximate surface area is 140 Å². The summed E-state index contributed by atoms with van der Waals surface area (Å²) < 4.78 is 1.57. The van der Waals surface area contributed by atoms with Gasteiger partial charge in [0.2, 0.25) is 5.16 Å². The van der Waals surface area contributed by atoms with Crippen LogP contribution in [0.2, 0.25) is 0 Å². The highest BCUT2D eigenvalue weighted by molar-refractivity contribution is 7.98. The summed E-state index contributed by atoms with van der Waals surface area (Å²) in [5.74, 6) is 7.68. The van der Waals surface area contributed by atoms with Gasteiger partial charge in [0.15, 0.2) is 5.82 Å². The summed E-state index contributed by atoms with van der Waals surface area (Å²) in [6.07, 6.45) is 0. The van der Waals surface area contributed by atoms with E-state index < -0.39 is 0 Å². The van der Waals surface area contributed by atoms with Gasteiger partial charge in [-0.1, -0.05) is 54.2 Å². The maximum Gasteiger partial charge on any atom is 0.210 e. The van der Waals surface area contributed by atoms with Crippen molar-refractivity contribution >= 4 is 11.8 Å². The van der Waals surface area contributed by atoms with Gasteiger partial charge >= 0.3 is 0 Å². The van der Waals surface area contributed by atoms with E-state index in [1.165, 1.54) is 22.3 Å². The molecule has 2 aromatic carbocycles. The molecule has 0 unspecified atom stereocenters. The van der Waals surface area contributed by atoms with Gasteiger partial charge in [0.1, 0.15) is 0 Å². The molecule has 0 spiro atoms. The van der Waals surface area contributed by atoms with Crippen LogP contribution in [0, 0.1) is 20.8 Å². The van der Waals surface area contributed by atoms with Crippen molar-refractivity contribution in [3.63, 3.8) is 0 Å². The molecule has 0 saturated carbocycles. The second-order valence-corrected chi connectivity index (χ2v) is 6.64. The van der Waals surface area contributed by atoms with Crippen molar-refractivity contribution in [2.75, 3.05) is 5.84 Å². The fourth-order valence-corrected chi connectivity index (χ4v) is 3.40. The van der Waals surface area contributed by atoms with Crippen molar-refractivity contribution < 1.29 is 0 Å². The lowest BCUT2D eigenvalue weighted by atomic mass is 10.0. The van der Waals surface area contributed by atoms with Gasteiger partial charge in [-0.3, -0.25) is 0 Å². The van der Waals surface area contributed by atoms with Gasteiger partial charge in [0, 0.05) is 11.3 Å². The number of thioether (sulfide) groups is 1. The van der Waals surface area contributed by atoms with Crippen LogP contribution in [0.5, 0.6) is 0 Å². The van der Waals surface area contributed by atoms with Gasteiger partial charge in [-0.25, -0.2) is 4.68 Å². The Balaban J connectivity index is 1.80. The van der Waals surface area contributed by atoms with Crippen molar-refractivity contribution in [1.82, 2.24) is 14.9 Å². The third-order valence-electron chi connectivity index (χ3n) is 4.01. The Morgan fingerprint density at radius 3 is 2.39 bits per heavy atom. The molecule has 0 aliphatic carbocycles. The van der Waals surface area contributed by atoms with Crippen LogP contribution >= 0.6 is 11.8 Å². The highest BCUT2D eigenvalue weighted by Gasteiger charge is 2.12. The van der Waals surface area contributed by atoms with Gasteiger partial charge in [0.25, 0.3) is 0 Å². The van der Waals surface area contributed by atoms with Crippen LogP contribution in [0.25, 0.3) is 11.4 Å². The average molecular weight is 324 g/mol.